The van der Waals surface area contributed by atoms with Gasteiger partial charge in [-0.15, -0.1) is 10.2 Å². The monoisotopic (exact) mass is 569 g/mol. The number of hydrogen-bond donors (Lipinski definition) is 2. The van der Waals surface area contributed by atoms with Gasteiger partial charge in [-0.25, -0.2) is 0 Å². The minimum Gasteiger partial charge on any atom is -0.494 e. The number of alkyl halides is 6. The fourth-order valence-electron chi connectivity index (χ4n) is 4.58. The van der Waals surface area contributed by atoms with Gasteiger partial charge in [0.25, 0.3) is 5.91 Å². The van der Waals surface area contributed by atoms with E-state index in [0.29, 0.717) is 18.1 Å². The van der Waals surface area contributed by atoms with E-state index in [1.54, 1.807) is 0 Å². The van der Waals surface area contributed by atoms with Gasteiger partial charge in [0.05, 0.1) is 12.2 Å². The number of nitrogens with zero attached hydrogens (tertiary/aromatic N) is 3. The maximum absolute atomic E-state index is 14.9. The number of hydrogen-bond acceptors (Lipinski definition) is 7. The molecule has 1 atom stereocenters. The Morgan fingerprint density at radius 3 is 2.35 bits per heavy atom. The molecule has 0 saturated heterocycles. The number of benzene rings is 2. The molecule has 1 aromatic heterocycles. The lowest BCUT2D eigenvalue weighted by atomic mass is 9.76. The predicted octanol–water partition coefficient (Wildman–Crippen LogP) is 4.58. The highest BCUT2D eigenvalue weighted by Crippen LogP contribution is 2.50. The molecule has 0 bridgehead atoms. The number of carbonyl (C=O) groups is 1. The van der Waals surface area contributed by atoms with Crippen LogP contribution in [0.2, 0.25) is 0 Å². The van der Waals surface area contributed by atoms with Crippen molar-refractivity contribution in [2.75, 3.05) is 19.8 Å². The summed E-state index contributed by atoms with van der Waals surface area (Å²) in [6.07, 6.45) is -11.4. The molecule has 15 heteroatoms. The van der Waals surface area contributed by atoms with Crippen LogP contribution in [0.25, 0.3) is 11.1 Å². The molecule has 0 fully saturated rings. The number of ether oxygens (including phenoxy) is 3. The molecule has 3 aromatic rings. The highest BCUT2D eigenvalue weighted by atomic mass is 19.4. The summed E-state index contributed by atoms with van der Waals surface area (Å²) in [6.45, 7) is 0.278. The Bertz CT molecular complexity index is 1410. The van der Waals surface area contributed by atoms with E-state index in [2.05, 4.69) is 25.9 Å². The zero-order valence-corrected chi connectivity index (χ0v) is 20.5. The SMILES string of the molecule is O=C1NC(c2ccc(OCCCC(F)(F)F)cc2)(C(F)(F)F)CC(c2ccc3c(c2)OCCO3)=C1c1nn[nH]n1. The Labute approximate surface area is 222 Å². The third-order valence-corrected chi connectivity index (χ3v) is 6.46. The maximum atomic E-state index is 14.9. The Balaban J connectivity index is 1.52. The highest BCUT2D eigenvalue weighted by molar-refractivity contribution is 6.27. The summed E-state index contributed by atoms with van der Waals surface area (Å²) in [6, 6.07) is 9.20. The zero-order valence-electron chi connectivity index (χ0n) is 20.5. The van der Waals surface area contributed by atoms with E-state index in [1.807, 2.05) is 0 Å². The Kier molecular flexibility index (Phi) is 7.06. The van der Waals surface area contributed by atoms with Gasteiger partial charge in [-0.1, -0.05) is 18.2 Å². The summed E-state index contributed by atoms with van der Waals surface area (Å²) in [5.41, 5.74) is -3.12. The number of H-pyrrole nitrogens is 1. The maximum Gasteiger partial charge on any atom is 0.416 e. The molecule has 3 heterocycles. The van der Waals surface area contributed by atoms with E-state index in [-0.39, 0.29) is 53.5 Å². The lowest BCUT2D eigenvalue weighted by Crippen LogP contribution is -2.58. The quantitative estimate of drug-likeness (QED) is 0.317. The Hall–Kier alpha value is -4.30. The minimum absolute atomic E-state index is 0.00748. The molecule has 9 nitrogen and oxygen atoms in total. The van der Waals surface area contributed by atoms with E-state index in [0.717, 1.165) is 12.1 Å². The van der Waals surface area contributed by atoms with Crippen molar-refractivity contribution in [3.63, 3.8) is 0 Å². The number of halogens is 6. The molecule has 212 valence electrons. The smallest absolute Gasteiger partial charge is 0.416 e. The van der Waals surface area contributed by atoms with Crippen LogP contribution in [0.15, 0.2) is 42.5 Å². The largest absolute Gasteiger partial charge is 0.494 e. The molecule has 1 amide bonds. The predicted molar refractivity (Wildman–Crippen MR) is 126 cm³/mol. The number of aromatic nitrogens is 4. The number of tetrazole rings is 1. The zero-order chi connectivity index (χ0) is 28.5. The summed E-state index contributed by atoms with van der Waals surface area (Å²) in [7, 11) is 0. The first-order valence-corrected chi connectivity index (χ1v) is 12.0. The first-order valence-electron chi connectivity index (χ1n) is 12.0. The molecule has 1 unspecified atom stereocenters. The summed E-state index contributed by atoms with van der Waals surface area (Å²) >= 11 is 0. The van der Waals surface area contributed by atoms with Gasteiger partial charge in [-0.05, 0) is 52.6 Å². The number of amides is 1. The molecule has 2 aromatic carbocycles. The number of nitrogens with one attached hydrogen (secondary N) is 2. The molecular formula is C25H21F6N5O4. The summed E-state index contributed by atoms with van der Waals surface area (Å²) in [4.78, 5) is 13.4. The standard InChI is InChI=1S/C25H21F6N5O4/c26-24(27,28)8-1-9-38-16-5-3-15(4-6-16)23(25(29,30)31)13-17(20(22(37)32-23)21-33-35-36-34-21)14-2-7-18-19(12-14)40-11-10-39-18/h2-7,12H,1,8-11,13H2,(H,32,37)(H,33,34,35,36). The first kappa shape index (κ1) is 27.3. The molecule has 2 N–H and O–H groups in total. The van der Waals surface area contributed by atoms with Crippen molar-refractivity contribution < 1.29 is 45.3 Å². The van der Waals surface area contributed by atoms with Crippen molar-refractivity contribution in [1.82, 2.24) is 25.9 Å². The van der Waals surface area contributed by atoms with Gasteiger partial charge < -0.3 is 19.5 Å². The number of rotatable bonds is 7. The second-order valence-corrected chi connectivity index (χ2v) is 9.07. The second kappa shape index (κ2) is 10.4. The van der Waals surface area contributed by atoms with Gasteiger partial charge in [0.15, 0.2) is 17.0 Å². The third-order valence-electron chi connectivity index (χ3n) is 6.46. The average molecular weight is 569 g/mol. The molecular weight excluding hydrogens is 548 g/mol. The molecule has 5 rings (SSSR count). The Morgan fingerprint density at radius 1 is 0.975 bits per heavy atom. The topological polar surface area (TPSA) is 111 Å². The van der Waals surface area contributed by atoms with Crippen molar-refractivity contribution in [3.05, 3.63) is 59.4 Å². The summed E-state index contributed by atoms with van der Waals surface area (Å²) in [5, 5.41) is 15.4. The fourth-order valence-corrected chi connectivity index (χ4v) is 4.58. The normalized spacial score (nSPS) is 19.4. The van der Waals surface area contributed by atoms with Crippen LogP contribution in [-0.2, 0) is 10.3 Å². The van der Waals surface area contributed by atoms with Gasteiger partial charge in [0.2, 0.25) is 5.82 Å². The van der Waals surface area contributed by atoms with Crippen molar-refractivity contribution in [1.29, 1.82) is 0 Å². The first-order chi connectivity index (χ1) is 19.0. The van der Waals surface area contributed by atoms with Crippen molar-refractivity contribution in [2.45, 2.75) is 37.2 Å². The van der Waals surface area contributed by atoms with Crippen molar-refractivity contribution >= 4 is 17.1 Å². The fraction of sp³-hybridized carbons (Fsp3) is 0.360. The van der Waals surface area contributed by atoms with E-state index in [9.17, 15) is 31.1 Å². The van der Waals surface area contributed by atoms with Crippen molar-refractivity contribution in [2.24, 2.45) is 0 Å². The van der Waals surface area contributed by atoms with Gasteiger partial charge in [0, 0.05) is 12.8 Å². The molecule has 40 heavy (non-hydrogen) atoms. The van der Waals surface area contributed by atoms with Crippen LogP contribution in [0.1, 0.15) is 36.2 Å². The third kappa shape index (κ3) is 5.40. The summed E-state index contributed by atoms with van der Waals surface area (Å²) < 4.78 is 98.1. The molecule has 0 radical (unpaired) electrons. The van der Waals surface area contributed by atoms with Crippen molar-refractivity contribution in [3.8, 4) is 17.2 Å². The van der Waals surface area contributed by atoms with E-state index in [1.165, 1.54) is 30.3 Å². The van der Waals surface area contributed by atoms with Gasteiger partial charge in [0.1, 0.15) is 19.0 Å². The van der Waals surface area contributed by atoms with Crippen LogP contribution in [0.4, 0.5) is 26.3 Å². The van der Waals surface area contributed by atoms with Crippen LogP contribution in [-0.4, -0.2) is 58.7 Å². The molecule has 0 aliphatic carbocycles. The number of aromatic amines is 1. The molecule has 0 saturated carbocycles. The van der Waals surface area contributed by atoms with Gasteiger partial charge in [-0.2, -0.15) is 31.6 Å². The van der Waals surface area contributed by atoms with Crippen LogP contribution in [0.3, 0.4) is 0 Å². The summed E-state index contributed by atoms with van der Waals surface area (Å²) in [5.74, 6) is -0.479. The average Bonchev–Trinajstić information content (AvgIpc) is 3.44. The number of carbonyl (C=O) groups excluding carboxylic acids is 1. The lowest BCUT2D eigenvalue weighted by molar-refractivity contribution is -0.201. The second-order valence-electron chi connectivity index (χ2n) is 9.07. The van der Waals surface area contributed by atoms with Crippen LogP contribution in [0, 0.1) is 0 Å². The van der Waals surface area contributed by atoms with Gasteiger partial charge in [-0.3, -0.25) is 4.79 Å². The molecule has 0 spiro atoms. The molecule has 2 aliphatic rings. The Morgan fingerprint density at radius 2 is 1.70 bits per heavy atom. The number of fused-ring (bicyclic) bond motifs is 1. The van der Waals surface area contributed by atoms with Crippen LogP contribution >= 0.6 is 0 Å². The van der Waals surface area contributed by atoms with E-state index in [4.69, 9.17) is 14.2 Å². The van der Waals surface area contributed by atoms with E-state index < -0.39 is 36.6 Å². The molecule has 2 aliphatic heterocycles. The highest BCUT2D eigenvalue weighted by Gasteiger charge is 2.60. The van der Waals surface area contributed by atoms with Crippen LogP contribution < -0.4 is 19.5 Å². The van der Waals surface area contributed by atoms with E-state index >= 15 is 0 Å². The lowest BCUT2D eigenvalue weighted by Gasteiger charge is -2.41. The van der Waals surface area contributed by atoms with Gasteiger partial charge >= 0.3 is 12.4 Å². The minimum atomic E-state index is -4.97. The van der Waals surface area contributed by atoms with Crippen LogP contribution in [0.5, 0.6) is 17.2 Å².